The van der Waals surface area contributed by atoms with Crippen molar-refractivity contribution in [3.8, 4) is 34.5 Å². The maximum Gasteiger partial charge on any atom is 0.309 e. The molecule has 2 aliphatic carbocycles. The lowest BCUT2D eigenvalue weighted by molar-refractivity contribution is -0.159. The highest BCUT2D eigenvalue weighted by Crippen LogP contribution is 2.36. The number of ketones is 2. The SMILES string of the molecule is COc1ccnc(C(=O)C[C@@H](C)C(=O)O[C@@H](C)[C@H](Oc2cccc(Cl)c2)C2CCCC2)c1O.COc1ccnc(C(=O)C[C@@H](C)C(=O)O[C@@H](C)[C@H](Oc2cccc(Cl)c2)C2CCCC2)c1OCOC(C)=O. The number of esters is 3. The molecule has 0 unspecified atom stereocenters. The van der Waals surface area contributed by atoms with Gasteiger partial charge in [-0.2, -0.15) is 0 Å². The molecule has 0 spiro atoms. The van der Waals surface area contributed by atoms with Crippen molar-refractivity contribution in [2.75, 3.05) is 21.0 Å². The molecule has 2 aliphatic rings. The van der Waals surface area contributed by atoms with Crippen LogP contribution in [0.2, 0.25) is 10.0 Å². The largest absolute Gasteiger partial charge is 0.503 e. The highest BCUT2D eigenvalue weighted by molar-refractivity contribution is 6.31. The van der Waals surface area contributed by atoms with Gasteiger partial charge in [-0.3, -0.25) is 24.0 Å². The van der Waals surface area contributed by atoms with Crippen LogP contribution in [0.15, 0.2) is 73.1 Å². The van der Waals surface area contributed by atoms with Crippen molar-refractivity contribution in [2.45, 2.75) is 123 Å². The summed E-state index contributed by atoms with van der Waals surface area (Å²) >= 11 is 12.2. The summed E-state index contributed by atoms with van der Waals surface area (Å²) in [7, 11) is 2.80. The summed E-state index contributed by atoms with van der Waals surface area (Å²) in [5.41, 5.74) is -0.160. The number of halogens is 2. The second-order valence-electron chi connectivity index (χ2n) is 17.8. The molecule has 2 heterocycles. The highest BCUT2D eigenvalue weighted by Gasteiger charge is 2.37. The monoisotopic (exact) mass is 1020 g/mol. The van der Waals surface area contributed by atoms with Crippen molar-refractivity contribution in [2.24, 2.45) is 23.7 Å². The van der Waals surface area contributed by atoms with Gasteiger partial charge < -0.3 is 43.0 Å². The molecular formula is C53H64Cl2N2O14. The first-order valence-electron chi connectivity index (χ1n) is 23.8. The number of Topliss-reactive ketones (excluding diaryl/α,β-unsaturated/α-hetero) is 2. The predicted molar refractivity (Wildman–Crippen MR) is 263 cm³/mol. The second-order valence-corrected chi connectivity index (χ2v) is 18.7. The van der Waals surface area contributed by atoms with Crippen LogP contribution in [0.4, 0.5) is 0 Å². The van der Waals surface area contributed by atoms with E-state index in [1.165, 1.54) is 45.7 Å². The summed E-state index contributed by atoms with van der Waals surface area (Å²) < 4.78 is 44.6. The van der Waals surface area contributed by atoms with E-state index in [-0.39, 0.29) is 71.3 Å². The maximum atomic E-state index is 13.1. The molecule has 2 aromatic heterocycles. The van der Waals surface area contributed by atoms with Crippen LogP contribution in [0, 0.1) is 23.7 Å². The molecule has 6 atom stereocenters. The normalized spacial score (nSPS) is 16.1. The number of hydrogen-bond donors (Lipinski definition) is 1. The topological polar surface area (TPSA) is 205 Å². The van der Waals surface area contributed by atoms with Gasteiger partial charge in [-0.25, -0.2) is 9.97 Å². The van der Waals surface area contributed by atoms with Gasteiger partial charge >= 0.3 is 17.9 Å². The molecule has 6 rings (SSSR count). The molecule has 2 aromatic carbocycles. The van der Waals surface area contributed by atoms with Crippen molar-refractivity contribution in [1.82, 2.24) is 9.97 Å². The summed E-state index contributed by atoms with van der Waals surface area (Å²) in [5, 5.41) is 11.3. The molecule has 2 saturated carbocycles. The number of aromatic nitrogens is 2. The standard InChI is InChI=1S/C28H34ClNO8.C25H30ClNO6/c1-17(14-23(32)25-27(36-16-35-19(3)31)24(34-4)12-13-30-25)28(33)37-18(2)26(20-8-5-6-9-20)38-22-11-7-10-21(29)15-22;1-15(13-20(28)22-23(29)21(31-3)11-12-27-22)25(30)32-16(2)24(17-7-4-5-8-17)33-19-10-6-9-18(26)14-19/h7,10-13,15,17-18,20,26H,5-6,8-9,14,16H2,1-4H3;6,9-12,14-17,24,29H,4-5,7-8,13H2,1-3H3/t17-,18+,26+;15-,16+,24+/m11/s1. The van der Waals surface area contributed by atoms with Gasteiger partial charge in [0.2, 0.25) is 6.79 Å². The number of methoxy groups -OCH3 is 2. The first kappa shape index (κ1) is 55.8. The van der Waals surface area contributed by atoms with Crippen LogP contribution in [-0.2, 0) is 28.6 Å². The van der Waals surface area contributed by atoms with E-state index < -0.39 is 60.3 Å². The first-order chi connectivity index (χ1) is 34.0. The zero-order chi connectivity index (χ0) is 51.6. The van der Waals surface area contributed by atoms with Crippen molar-refractivity contribution < 1.29 is 67.0 Å². The molecule has 4 aromatic rings. The molecule has 16 nitrogen and oxygen atoms in total. The lowest BCUT2D eigenvalue weighted by Crippen LogP contribution is -2.40. The van der Waals surface area contributed by atoms with E-state index in [4.69, 9.17) is 61.1 Å². The van der Waals surface area contributed by atoms with Crippen LogP contribution in [-0.4, -0.2) is 90.0 Å². The molecule has 0 radical (unpaired) electrons. The number of ether oxygens (including phenoxy) is 8. The number of carbonyl (C=O) groups excluding carboxylic acids is 5. The van der Waals surface area contributed by atoms with Gasteiger partial charge in [-0.05, 0) is 87.8 Å². The van der Waals surface area contributed by atoms with Crippen molar-refractivity contribution in [3.05, 3.63) is 94.5 Å². The van der Waals surface area contributed by atoms with E-state index in [0.717, 1.165) is 51.4 Å². The number of benzene rings is 2. The molecule has 0 saturated heterocycles. The van der Waals surface area contributed by atoms with Crippen LogP contribution in [0.3, 0.4) is 0 Å². The lowest BCUT2D eigenvalue weighted by Gasteiger charge is -2.30. The summed E-state index contributed by atoms with van der Waals surface area (Å²) in [6.45, 7) is 7.69. The molecule has 71 heavy (non-hydrogen) atoms. The van der Waals surface area contributed by atoms with Gasteiger partial charge in [0.15, 0.2) is 46.0 Å². The summed E-state index contributed by atoms with van der Waals surface area (Å²) in [5.74, 6) is -2.10. The second kappa shape index (κ2) is 27.5. The van der Waals surface area contributed by atoms with E-state index in [9.17, 15) is 29.1 Å². The Bertz CT molecular complexity index is 2420. The Morgan fingerprint density at radius 1 is 0.648 bits per heavy atom. The quantitative estimate of drug-likeness (QED) is 0.0317. The Labute approximate surface area is 424 Å². The van der Waals surface area contributed by atoms with Gasteiger partial charge in [0, 0.05) is 54.3 Å². The number of aromatic hydroxyl groups is 1. The van der Waals surface area contributed by atoms with Gasteiger partial charge in [-0.1, -0.05) is 74.9 Å². The van der Waals surface area contributed by atoms with Gasteiger partial charge in [0.25, 0.3) is 0 Å². The van der Waals surface area contributed by atoms with Crippen molar-refractivity contribution in [1.29, 1.82) is 0 Å². The zero-order valence-corrected chi connectivity index (χ0v) is 42.7. The number of rotatable bonds is 23. The van der Waals surface area contributed by atoms with E-state index >= 15 is 0 Å². The Balaban J connectivity index is 0.000000267. The fourth-order valence-electron chi connectivity index (χ4n) is 8.67. The molecule has 384 valence electrons. The smallest absolute Gasteiger partial charge is 0.309 e. The third kappa shape index (κ3) is 16.5. The minimum absolute atomic E-state index is 0.0303. The summed E-state index contributed by atoms with van der Waals surface area (Å²) in [6.07, 6.45) is 9.13. The van der Waals surface area contributed by atoms with Crippen molar-refractivity contribution in [3.63, 3.8) is 0 Å². The summed E-state index contributed by atoms with van der Waals surface area (Å²) in [4.78, 5) is 70.7. The number of hydrogen-bond acceptors (Lipinski definition) is 16. The van der Waals surface area contributed by atoms with Crippen LogP contribution in [0.1, 0.15) is 120 Å². The molecular weight excluding hydrogens is 959 g/mol. The minimum Gasteiger partial charge on any atom is -0.503 e. The average Bonchev–Trinajstić information content (AvgIpc) is 4.09. The van der Waals surface area contributed by atoms with E-state index in [1.54, 1.807) is 38.1 Å². The molecule has 1 N–H and O–H groups in total. The lowest BCUT2D eigenvalue weighted by atomic mass is 9.96. The van der Waals surface area contributed by atoms with Crippen LogP contribution in [0.5, 0.6) is 34.5 Å². The first-order valence-corrected chi connectivity index (χ1v) is 24.6. The Morgan fingerprint density at radius 2 is 1.08 bits per heavy atom. The van der Waals surface area contributed by atoms with E-state index in [2.05, 4.69) is 9.97 Å². The maximum absolute atomic E-state index is 13.1. The molecule has 2 fully saturated rings. The number of pyridine rings is 2. The van der Waals surface area contributed by atoms with Gasteiger partial charge in [-0.15, -0.1) is 0 Å². The third-order valence-corrected chi connectivity index (χ3v) is 12.8. The van der Waals surface area contributed by atoms with Crippen LogP contribution >= 0.6 is 23.2 Å². The minimum atomic E-state index is -0.755. The molecule has 0 bridgehead atoms. The molecule has 0 amide bonds. The number of nitrogens with zero attached hydrogens (tertiary/aromatic N) is 2. The zero-order valence-electron chi connectivity index (χ0n) is 41.2. The van der Waals surface area contributed by atoms with E-state index in [0.29, 0.717) is 21.5 Å². The third-order valence-electron chi connectivity index (χ3n) is 12.4. The Morgan fingerprint density at radius 3 is 1.52 bits per heavy atom. The van der Waals surface area contributed by atoms with Crippen molar-refractivity contribution >= 4 is 52.7 Å². The highest BCUT2D eigenvalue weighted by atomic mass is 35.5. The van der Waals surface area contributed by atoms with E-state index in [1.807, 2.05) is 38.1 Å². The van der Waals surface area contributed by atoms with Crippen LogP contribution < -0.4 is 23.7 Å². The van der Waals surface area contributed by atoms with Crippen LogP contribution in [0.25, 0.3) is 0 Å². The summed E-state index contributed by atoms with van der Waals surface area (Å²) in [6, 6.07) is 17.3. The number of carbonyl (C=O) groups is 5. The Hall–Kier alpha value is -6.13. The molecule has 0 aliphatic heterocycles. The molecule has 18 heteroatoms. The van der Waals surface area contributed by atoms with Gasteiger partial charge in [0.05, 0.1) is 26.1 Å². The Kier molecular flexibility index (Phi) is 21.6. The fraction of sp³-hybridized carbons (Fsp3) is 0.491. The average molecular weight is 1020 g/mol. The predicted octanol–water partition coefficient (Wildman–Crippen LogP) is 10.6. The fourth-order valence-corrected chi connectivity index (χ4v) is 9.03. The van der Waals surface area contributed by atoms with Gasteiger partial charge in [0.1, 0.15) is 35.9 Å².